The highest BCUT2D eigenvalue weighted by atomic mass is 19.1. The Labute approximate surface area is 168 Å². The molecule has 0 unspecified atom stereocenters. The van der Waals surface area contributed by atoms with E-state index in [1.165, 1.54) is 12.1 Å². The summed E-state index contributed by atoms with van der Waals surface area (Å²) in [6.07, 6.45) is 4.67. The van der Waals surface area contributed by atoms with Crippen molar-refractivity contribution in [1.82, 2.24) is 4.98 Å². The fourth-order valence-corrected chi connectivity index (χ4v) is 3.49. The van der Waals surface area contributed by atoms with Crippen LogP contribution in [0.2, 0.25) is 0 Å². The predicted octanol–water partition coefficient (Wildman–Crippen LogP) is 3.99. The Balaban J connectivity index is 1.44. The van der Waals surface area contributed by atoms with Crippen molar-refractivity contribution >= 4 is 23.2 Å². The molecule has 2 aromatic carbocycles. The highest BCUT2D eigenvalue weighted by molar-refractivity contribution is 6.07. The number of nitrogens with one attached hydrogen (secondary N) is 1. The Morgan fingerprint density at radius 1 is 1.10 bits per heavy atom. The number of hydrogen-bond donors (Lipinski definition) is 1. The lowest BCUT2D eigenvalue weighted by atomic mass is 10.1. The van der Waals surface area contributed by atoms with Gasteiger partial charge in [-0.15, -0.1) is 0 Å². The second-order valence-corrected chi connectivity index (χ2v) is 6.97. The maximum Gasteiger partial charge on any atom is 0.259 e. The van der Waals surface area contributed by atoms with E-state index in [9.17, 15) is 14.0 Å². The molecule has 1 aliphatic heterocycles. The lowest BCUT2D eigenvalue weighted by molar-refractivity contribution is -0.116. The van der Waals surface area contributed by atoms with E-state index in [1.54, 1.807) is 41.6 Å². The monoisotopic (exact) mass is 389 g/mol. The molecule has 2 amide bonds. The number of pyridine rings is 1. The summed E-state index contributed by atoms with van der Waals surface area (Å²) in [5.74, 6) is -0.566. The third-order valence-corrected chi connectivity index (χ3v) is 4.95. The van der Waals surface area contributed by atoms with Gasteiger partial charge >= 0.3 is 0 Å². The number of aryl methyl sites for hydroxylation is 1. The van der Waals surface area contributed by atoms with E-state index in [0.717, 1.165) is 23.2 Å². The van der Waals surface area contributed by atoms with E-state index < -0.39 is 0 Å². The lowest BCUT2D eigenvalue weighted by Gasteiger charge is -2.18. The summed E-state index contributed by atoms with van der Waals surface area (Å²) >= 11 is 0. The number of carbonyl (C=O) groups excluding carboxylic acids is 2. The van der Waals surface area contributed by atoms with Crippen molar-refractivity contribution in [3.8, 4) is 0 Å². The van der Waals surface area contributed by atoms with Crippen LogP contribution in [-0.4, -0.2) is 23.3 Å². The van der Waals surface area contributed by atoms with Crippen LogP contribution in [0.1, 0.15) is 27.9 Å². The van der Waals surface area contributed by atoms with Crippen molar-refractivity contribution in [2.45, 2.75) is 19.3 Å². The number of nitrogens with zero attached hydrogens (tertiary/aromatic N) is 2. The maximum absolute atomic E-state index is 13.3. The van der Waals surface area contributed by atoms with Crippen molar-refractivity contribution in [2.75, 3.05) is 16.8 Å². The van der Waals surface area contributed by atoms with Crippen LogP contribution in [0.5, 0.6) is 0 Å². The first-order valence-corrected chi connectivity index (χ1v) is 9.49. The molecule has 1 aromatic heterocycles. The molecule has 0 radical (unpaired) electrons. The highest BCUT2D eigenvalue weighted by Gasteiger charge is 2.26. The topological polar surface area (TPSA) is 62.3 Å². The van der Waals surface area contributed by atoms with Crippen molar-refractivity contribution in [1.29, 1.82) is 0 Å². The van der Waals surface area contributed by atoms with Gasteiger partial charge in [0.2, 0.25) is 5.91 Å². The van der Waals surface area contributed by atoms with Gasteiger partial charge in [0, 0.05) is 36.7 Å². The first-order valence-electron chi connectivity index (χ1n) is 9.49. The first kappa shape index (κ1) is 18.8. The quantitative estimate of drug-likeness (QED) is 0.718. The number of halogens is 1. The van der Waals surface area contributed by atoms with E-state index in [-0.39, 0.29) is 24.1 Å². The summed E-state index contributed by atoms with van der Waals surface area (Å²) in [5.41, 5.74) is 3.83. The third kappa shape index (κ3) is 4.32. The van der Waals surface area contributed by atoms with Crippen molar-refractivity contribution in [2.24, 2.45) is 0 Å². The molecule has 4 rings (SSSR count). The van der Waals surface area contributed by atoms with Crippen LogP contribution in [-0.2, 0) is 17.6 Å². The molecule has 29 heavy (non-hydrogen) atoms. The van der Waals surface area contributed by atoms with E-state index in [4.69, 9.17) is 0 Å². The molecule has 1 aliphatic rings. The van der Waals surface area contributed by atoms with Gasteiger partial charge in [0.1, 0.15) is 5.82 Å². The SMILES string of the molecule is O=C(CCc1cccc(F)c1)Nc1ccc2c(c1)N(C(=O)c1cccnc1)CC2. The van der Waals surface area contributed by atoms with Crippen molar-refractivity contribution in [3.63, 3.8) is 0 Å². The van der Waals surface area contributed by atoms with Crippen LogP contribution >= 0.6 is 0 Å². The second kappa shape index (κ2) is 8.22. The summed E-state index contributed by atoms with van der Waals surface area (Å²) in [4.78, 5) is 30.8. The Morgan fingerprint density at radius 2 is 2.00 bits per heavy atom. The molecule has 0 spiro atoms. The Hall–Kier alpha value is -3.54. The van der Waals surface area contributed by atoms with Gasteiger partial charge in [0.25, 0.3) is 5.91 Å². The van der Waals surface area contributed by atoms with Crippen LogP contribution in [0, 0.1) is 5.82 Å². The van der Waals surface area contributed by atoms with Crippen LogP contribution < -0.4 is 10.2 Å². The van der Waals surface area contributed by atoms with E-state index in [2.05, 4.69) is 10.3 Å². The fourth-order valence-electron chi connectivity index (χ4n) is 3.49. The summed E-state index contributed by atoms with van der Waals surface area (Å²) in [6.45, 7) is 0.597. The number of amides is 2. The average molecular weight is 389 g/mol. The van der Waals surface area contributed by atoms with Crippen LogP contribution in [0.15, 0.2) is 67.0 Å². The van der Waals surface area contributed by atoms with Crippen LogP contribution in [0.3, 0.4) is 0 Å². The average Bonchev–Trinajstić information content (AvgIpc) is 3.16. The molecular weight excluding hydrogens is 369 g/mol. The molecule has 0 aliphatic carbocycles. The van der Waals surface area contributed by atoms with Crippen molar-refractivity contribution in [3.05, 3.63) is 89.5 Å². The van der Waals surface area contributed by atoms with Crippen LogP contribution in [0.4, 0.5) is 15.8 Å². The minimum atomic E-state index is -0.306. The molecule has 0 saturated carbocycles. The molecular formula is C23H20FN3O2. The number of hydrogen-bond acceptors (Lipinski definition) is 3. The van der Waals surface area contributed by atoms with E-state index >= 15 is 0 Å². The Morgan fingerprint density at radius 3 is 2.79 bits per heavy atom. The van der Waals surface area contributed by atoms with Gasteiger partial charge in [-0.1, -0.05) is 18.2 Å². The second-order valence-electron chi connectivity index (χ2n) is 6.97. The molecule has 0 atom stereocenters. The molecule has 2 heterocycles. The number of benzene rings is 2. The maximum atomic E-state index is 13.3. The van der Waals surface area contributed by atoms with E-state index in [1.807, 2.05) is 18.2 Å². The molecule has 0 bridgehead atoms. The number of aromatic nitrogens is 1. The largest absolute Gasteiger partial charge is 0.326 e. The molecule has 0 saturated heterocycles. The number of anilines is 2. The summed E-state index contributed by atoms with van der Waals surface area (Å²) in [6, 6.07) is 15.3. The minimum Gasteiger partial charge on any atom is -0.326 e. The Kier molecular flexibility index (Phi) is 5.33. The summed E-state index contributed by atoms with van der Waals surface area (Å²) in [7, 11) is 0. The minimum absolute atomic E-state index is 0.105. The summed E-state index contributed by atoms with van der Waals surface area (Å²) in [5, 5.41) is 2.87. The number of fused-ring (bicyclic) bond motifs is 1. The molecule has 146 valence electrons. The van der Waals surface area contributed by atoms with Gasteiger partial charge in [-0.3, -0.25) is 14.6 Å². The smallest absolute Gasteiger partial charge is 0.259 e. The fraction of sp³-hybridized carbons (Fsp3) is 0.174. The zero-order valence-electron chi connectivity index (χ0n) is 15.8. The predicted molar refractivity (Wildman–Crippen MR) is 109 cm³/mol. The zero-order valence-corrected chi connectivity index (χ0v) is 15.8. The highest BCUT2D eigenvalue weighted by Crippen LogP contribution is 2.32. The molecule has 5 nitrogen and oxygen atoms in total. The standard InChI is InChI=1S/C23H20FN3O2/c24-19-5-1-3-16(13-19)6-9-22(28)26-20-8-7-17-10-12-27(21(17)14-20)23(29)18-4-2-11-25-15-18/h1-5,7-8,11,13-15H,6,9-10,12H2,(H,26,28). The van der Waals surface area contributed by atoms with Gasteiger partial charge in [0.05, 0.1) is 5.56 Å². The zero-order chi connectivity index (χ0) is 20.2. The lowest BCUT2D eigenvalue weighted by Crippen LogP contribution is -2.29. The normalized spacial score (nSPS) is 12.5. The van der Waals surface area contributed by atoms with Gasteiger partial charge in [0.15, 0.2) is 0 Å². The molecule has 6 heteroatoms. The first-order chi connectivity index (χ1) is 14.1. The van der Waals surface area contributed by atoms with Gasteiger partial charge < -0.3 is 10.2 Å². The number of carbonyl (C=O) groups is 2. The van der Waals surface area contributed by atoms with Crippen molar-refractivity contribution < 1.29 is 14.0 Å². The Bertz CT molecular complexity index is 1050. The molecule has 3 aromatic rings. The molecule has 0 fully saturated rings. The third-order valence-electron chi connectivity index (χ3n) is 4.95. The number of rotatable bonds is 5. The van der Waals surface area contributed by atoms with Gasteiger partial charge in [-0.2, -0.15) is 0 Å². The molecule has 1 N–H and O–H groups in total. The summed E-state index contributed by atoms with van der Waals surface area (Å²) < 4.78 is 13.3. The van der Waals surface area contributed by atoms with E-state index in [0.29, 0.717) is 24.2 Å². The van der Waals surface area contributed by atoms with Crippen LogP contribution in [0.25, 0.3) is 0 Å². The van der Waals surface area contributed by atoms with Gasteiger partial charge in [-0.25, -0.2) is 4.39 Å². The van der Waals surface area contributed by atoms with Gasteiger partial charge in [-0.05, 0) is 60.4 Å².